The van der Waals surface area contributed by atoms with Crippen molar-refractivity contribution < 1.29 is 14.3 Å². The lowest BCUT2D eigenvalue weighted by atomic mass is 10.2. The Hall–Kier alpha value is -2.75. The molecule has 0 unspecified atom stereocenters. The predicted molar refractivity (Wildman–Crippen MR) is 101 cm³/mol. The average Bonchev–Trinajstić information content (AvgIpc) is 2.59. The molecule has 0 aromatic heterocycles. The fourth-order valence-corrected chi connectivity index (χ4v) is 2.04. The summed E-state index contributed by atoms with van der Waals surface area (Å²) in [7, 11) is 0. The summed E-state index contributed by atoms with van der Waals surface area (Å²) in [5.41, 5.74) is 2.20. The first-order chi connectivity index (χ1) is 11.9. The molecule has 2 rings (SSSR count). The van der Waals surface area contributed by atoms with E-state index in [0.717, 1.165) is 11.3 Å². The molecular weight excluding hydrogens is 314 g/mol. The minimum Gasteiger partial charge on any atom is -0.493 e. The number of amides is 1. The standard InChI is InChI=1S/C21H25NO3/c1-15(2)13-24-19-10-8-17(9-11-19)21(23)22-18-6-5-7-20(12-18)25-14-16(3)4/h5-12,15H,3,13-14H2,1-2,4H3,(H,22,23). The van der Waals surface area contributed by atoms with E-state index >= 15 is 0 Å². The number of carbonyl (C=O) groups is 1. The average molecular weight is 339 g/mol. The SMILES string of the molecule is C=C(C)COc1cccc(NC(=O)c2ccc(OCC(C)C)cc2)c1. The van der Waals surface area contributed by atoms with Gasteiger partial charge in [0, 0.05) is 17.3 Å². The van der Waals surface area contributed by atoms with Crippen molar-refractivity contribution in [2.45, 2.75) is 20.8 Å². The van der Waals surface area contributed by atoms with Gasteiger partial charge in [-0.3, -0.25) is 4.79 Å². The highest BCUT2D eigenvalue weighted by molar-refractivity contribution is 6.04. The Morgan fingerprint density at radius 3 is 2.44 bits per heavy atom. The van der Waals surface area contributed by atoms with E-state index in [0.29, 0.717) is 36.1 Å². The molecular formula is C21H25NO3. The lowest BCUT2D eigenvalue weighted by Gasteiger charge is -2.10. The molecule has 0 fully saturated rings. The molecule has 25 heavy (non-hydrogen) atoms. The number of carbonyl (C=O) groups excluding carboxylic acids is 1. The first-order valence-corrected chi connectivity index (χ1v) is 8.35. The van der Waals surface area contributed by atoms with Crippen LogP contribution >= 0.6 is 0 Å². The molecule has 0 spiro atoms. The topological polar surface area (TPSA) is 47.6 Å². The number of anilines is 1. The van der Waals surface area contributed by atoms with Crippen molar-refractivity contribution in [2.24, 2.45) is 5.92 Å². The molecule has 0 saturated heterocycles. The molecule has 0 saturated carbocycles. The second kappa shape index (κ2) is 8.92. The first kappa shape index (κ1) is 18.6. The molecule has 2 aromatic carbocycles. The predicted octanol–water partition coefficient (Wildman–Crippen LogP) is 4.93. The van der Waals surface area contributed by atoms with Crippen molar-refractivity contribution in [1.82, 2.24) is 0 Å². The second-order valence-corrected chi connectivity index (χ2v) is 6.46. The van der Waals surface area contributed by atoms with Gasteiger partial charge in [0.2, 0.25) is 0 Å². The largest absolute Gasteiger partial charge is 0.493 e. The molecule has 0 aliphatic carbocycles. The van der Waals surface area contributed by atoms with Crippen LogP contribution in [-0.2, 0) is 0 Å². The summed E-state index contributed by atoms with van der Waals surface area (Å²) in [6.07, 6.45) is 0. The van der Waals surface area contributed by atoms with Crippen LogP contribution in [0.4, 0.5) is 5.69 Å². The van der Waals surface area contributed by atoms with Gasteiger partial charge >= 0.3 is 0 Å². The Labute approximate surface area is 149 Å². The zero-order valence-corrected chi connectivity index (χ0v) is 15.0. The Morgan fingerprint density at radius 1 is 1.08 bits per heavy atom. The maximum atomic E-state index is 12.4. The van der Waals surface area contributed by atoms with Gasteiger partial charge in [0.25, 0.3) is 5.91 Å². The Morgan fingerprint density at radius 2 is 1.80 bits per heavy atom. The highest BCUT2D eigenvalue weighted by Gasteiger charge is 2.07. The normalized spacial score (nSPS) is 10.4. The molecule has 2 aromatic rings. The van der Waals surface area contributed by atoms with Gasteiger partial charge in [0.1, 0.15) is 18.1 Å². The number of benzene rings is 2. The van der Waals surface area contributed by atoms with Crippen LogP contribution in [0.3, 0.4) is 0 Å². The van der Waals surface area contributed by atoms with Gasteiger partial charge in [-0.05, 0) is 54.8 Å². The number of hydrogen-bond donors (Lipinski definition) is 1. The van der Waals surface area contributed by atoms with Gasteiger partial charge in [-0.1, -0.05) is 26.5 Å². The molecule has 4 heteroatoms. The molecule has 0 radical (unpaired) electrons. The minimum atomic E-state index is -0.174. The van der Waals surface area contributed by atoms with Gasteiger partial charge in [0.15, 0.2) is 0 Å². The maximum Gasteiger partial charge on any atom is 0.255 e. The van der Waals surface area contributed by atoms with E-state index in [1.165, 1.54) is 0 Å². The van der Waals surface area contributed by atoms with Crippen LogP contribution in [0.2, 0.25) is 0 Å². The van der Waals surface area contributed by atoms with Gasteiger partial charge in [-0.2, -0.15) is 0 Å². The van der Waals surface area contributed by atoms with Crippen molar-refractivity contribution in [2.75, 3.05) is 18.5 Å². The molecule has 1 amide bonds. The summed E-state index contributed by atoms with van der Waals surface area (Å²) >= 11 is 0. The first-order valence-electron chi connectivity index (χ1n) is 8.35. The highest BCUT2D eigenvalue weighted by atomic mass is 16.5. The third-order valence-corrected chi connectivity index (χ3v) is 3.28. The van der Waals surface area contributed by atoms with E-state index < -0.39 is 0 Å². The zero-order valence-electron chi connectivity index (χ0n) is 15.0. The Bertz CT molecular complexity index is 720. The lowest BCUT2D eigenvalue weighted by molar-refractivity contribution is 0.102. The maximum absolute atomic E-state index is 12.4. The third-order valence-electron chi connectivity index (χ3n) is 3.28. The summed E-state index contributed by atoms with van der Waals surface area (Å²) in [6, 6.07) is 14.4. The molecule has 0 bridgehead atoms. The van der Waals surface area contributed by atoms with Crippen LogP contribution in [0.15, 0.2) is 60.7 Å². The van der Waals surface area contributed by atoms with Crippen molar-refractivity contribution in [1.29, 1.82) is 0 Å². The fourth-order valence-electron chi connectivity index (χ4n) is 2.04. The van der Waals surface area contributed by atoms with Crippen LogP contribution in [0.5, 0.6) is 11.5 Å². The van der Waals surface area contributed by atoms with Crippen LogP contribution in [0.25, 0.3) is 0 Å². The van der Waals surface area contributed by atoms with E-state index in [9.17, 15) is 4.79 Å². The lowest BCUT2D eigenvalue weighted by Crippen LogP contribution is -2.12. The minimum absolute atomic E-state index is 0.174. The van der Waals surface area contributed by atoms with Crippen LogP contribution < -0.4 is 14.8 Å². The molecule has 132 valence electrons. The molecule has 0 heterocycles. The highest BCUT2D eigenvalue weighted by Crippen LogP contribution is 2.19. The summed E-state index contributed by atoms with van der Waals surface area (Å²) in [4.78, 5) is 12.4. The van der Waals surface area contributed by atoms with Crippen molar-refractivity contribution >= 4 is 11.6 Å². The summed E-state index contributed by atoms with van der Waals surface area (Å²) in [5.74, 6) is 1.74. The molecule has 0 aliphatic rings. The van der Waals surface area contributed by atoms with Crippen molar-refractivity contribution in [3.05, 3.63) is 66.2 Å². The van der Waals surface area contributed by atoms with Gasteiger partial charge in [-0.15, -0.1) is 0 Å². The smallest absolute Gasteiger partial charge is 0.255 e. The summed E-state index contributed by atoms with van der Waals surface area (Å²) in [6.45, 7) is 11.0. The van der Waals surface area contributed by atoms with Crippen molar-refractivity contribution in [3.63, 3.8) is 0 Å². The third kappa shape index (κ3) is 6.34. The van der Waals surface area contributed by atoms with E-state index in [1.54, 1.807) is 18.2 Å². The summed E-state index contributed by atoms with van der Waals surface area (Å²) < 4.78 is 11.2. The molecule has 1 N–H and O–H groups in total. The van der Waals surface area contributed by atoms with E-state index in [2.05, 4.69) is 25.7 Å². The number of nitrogens with one attached hydrogen (secondary N) is 1. The zero-order chi connectivity index (χ0) is 18.2. The number of rotatable bonds is 8. The van der Waals surface area contributed by atoms with E-state index in [4.69, 9.17) is 9.47 Å². The van der Waals surface area contributed by atoms with Crippen molar-refractivity contribution in [3.8, 4) is 11.5 Å². The monoisotopic (exact) mass is 339 g/mol. The number of hydrogen-bond acceptors (Lipinski definition) is 3. The Kier molecular flexibility index (Phi) is 6.63. The molecule has 0 aliphatic heterocycles. The van der Waals surface area contributed by atoms with Crippen LogP contribution in [-0.4, -0.2) is 19.1 Å². The van der Waals surface area contributed by atoms with Crippen LogP contribution in [0.1, 0.15) is 31.1 Å². The van der Waals surface area contributed by atoms with Gasteiger partial charge < -0.3 is 14.8 Å². The van der Waals surface area contributed by atoms with Gasteiger partial charge in [0.05, 0.1) is 6.61 Å². The fraction of sp³-hybridized carbons (Fsp3) is 0.286. The second-order valence-electron chi connectivity index (χ2n) is 6.46. The quantitative estimate of drug-likeness (QED) is 0.694. The molecule has 4 nitrogen and oxygen atoms in total. The van der Waals surface area contributed by atoms with Crippen LogP contribution in [0, 0.1) is 5.92 Å². The van der Waals surface area contributed by atoms with E-state index in [1.807, 2.05) is 37.3 Å². The van der Waals surface area contributed by atoms with Gasteiger partial charge in [-0.25, -0.2) is 0 Å². The summed E-state index contributed by atoms with van der Waals surface area (Å²) in [5, 5.41) is 2.87. The Balaban J connectivity index is 1.97. The molecule has 0 atom stereocenters. The van der Waals surface area contributed by atoms with E-state index in [-0.39, 0.29) is 5.91 Å². The number of ether oxygens (including phenoxy) is 2.